The number of nitrogen functional groups attached to an aromatic ring is 1. The lowest BCUT2D eigenvalue weighted by atomic mass is 9.86. The van der Waals surface area contributed by atoms with E-state index < -0.39 is 49.1 Å². The van der Waals surface area contributed by atoms with Crippen LogP contribution >= 0.6 is 0 Å². The molecule has 1 unspecified atom stereocenters. The quantitative estimate of drug-likeness (QED) is 0.0536. The molecule has 3 aromatic heterocycles. The number of carbonyl (C=O) groups is 2. The van der Waals surface area contributed by atoms with Crippen LogP contribution in [0.2, 0.25) is 0 Å². The minimum Gasteiger partial charge on any atom is -0.394 e. The fraction of sp³-hybridized carbons (Fsp3) is 0.625. The number of hydrogen-bond acceptors (Lipinski definition) is 13. The summed E-state index contributed by atoms with van der Waals surface area (Å²) in [5, 5.41) is 76.1. The van der Waals surface area contributed by atoms with Crippen molar-refractivity contribution < 1.29 is 49.9 Å². The largest absolute Gasteiger partial charge is 0.394 e. The Balaban J connectivity index is 1.31. The topological polar surface area (TPSA) is 271 Å². The van der Waals surface area contributed by atoms with Gasteiger partial charge >= 0.3 is 0 Å². The molecule has 2 amide bonds. The number of aromatic amines is 1. The van der Waals surface area contributed by atoms with E-state index in [0.717, 1.165) is 23.3 Å². The number of piperidine rings is 1. The molecular weight excluding hydrogens is 750 g/mol. The van der Waals surface area contributed by atoms with Gasteiger partial charge in [0.1, 0.15) is 30.4 Å². The summed E-state index contributed by atoms with van der Waals surface area (Å²) >= 11 is 0. The third-order valence-corrected chi connectivity index (χ3v) is 12.0. The normalized spacial score (nSPS) is 18.3. The fourth-order valence-corrected chi connectivity index (χ4v) is 8.02. The van der Waals surface area contributed by atoms with E-state index >= 15 is 0 Å². The SMILES string of the molecule is CC[C@@H](C)[C@@H](C)C(O)[C@@H](O)CN(C[C@H](O)[C@@H](O)[C@H](O)[C@H](O)CO)C1CCN(C(=O)c2ccc3c(c2)n(CC)c(CNC(=O)c2nc4cc[nH]c4nc2N)[n+]3CC)CC1. The number of anilines is 1. The van der Waals surface area contributed by atoms with E-state index in [0.29, 0.717) is 55.7 Å². The molecule has 18 heteroatoms. The first-order valence-corrected chi connectivity index (χ1v) is 20.3. The molecule has 320 valence electrons. The first-order valence-electron chi connectivity index (χ1n) is 20.3. The van der Waals surface area contributed by atoms with Crippen molar-refractivity contribution in [3.8, 4) is 0 Å². The lowest BCUT2D eigenvalue weighted by Gasteiger charge is -2.42. The summed E-state index contributed by atoms with van der Waals surface area (Å²) in [7, 11) is 0. The number of nitrogens with two attached hydrogens (primary N) is 1. The summed E-state index contributed by atoms with van der Waals surface area (Å²) in [6.45, 7) is 10.9. The van der Waals surface area contributed by atoms with Crippen LogP contribution in [-0.2, 0) is 19.6 Å². The summed E-state index contributed by atoms with van der Waals surface area (Å²) in [6, 6.07) is 7.01. The van der Waals surface area contributed by atoms with E-state index in [1.807, 2.05) is 46.8 Å². The molecule has 0 spiro atoms. The van der Waals surface area contributed by atoms with Crippen molar-refractivity contribution in [3.63, 3.8) is 0 Å². The molecule has 4 heterocycles. The average molecular weight is 813 g/mol. The lowest BCUT2D eigenvalue weighted by molar-refractivity contribution is -0.676. The molecule has 18 nitrogen and oxygen atoms in total. The van der Waals surface area contributed by atoms with Crippen LogP contribution in [0.3, 0.4) is 0 Å². The highest BCUT2D eigenvalue weighted by molar-refractivity contribution is 5.98. The number of benzene rings is 1. The maximum absolute atomic E-state index is 14.0. The van der Waals surface area contributed by atoms with Crippen molar-refractivity contribution in [2.45, 2.75) is 116 Å². The number of amides is 2. The fourth-order valence-electron chi connectivity index (χ4n) is 8.02. The molecule has 1 aliphatic rings. The smallest absolute Gasteiger partial charge is 0.277 e. The van der Waals surface area contributed by atoms with Crippen molar-refractivity contribution >= 4 is 39.8 Å². The van der Waals surface area contributed by atoms with Gasteiger partial charge in [0.15, 0.2) is 28.2 Å². The van der Waals surface area contributed by atoms with Crippen LogP contribution in [0.25, 0.3) is 22.2 Å². The Hall–Kier alpha value is -4.27. The number of aromatic nitrogens is 5. The Morgan fingerprint density at radius 3 is 2.24 bits per heavy atom. The van der Waals surface area contributed by atoms with Gasteiger partial charge in [-0.3, -0.25) is 14.5 Å². The monoisotopic (exact) mass is 812 g/mol. The molecule has 8 atom stereocenters. The third kappa shape index (κ3) is 9.61. The minimum atomic E-state index is -1.81. The zero-order chi connectivity index (χ0) is 42.4. The highest BCUT2D eigenvalue weighted by Crippen LogP contribution is 2.26. The van der Waals surface area contributed by atoms with Gasteiger partial charge in [0.05, 0.1) is 38.0 Å². The predicted molar refractivity (Wildman–Crippen MR) is 215 cm³/mol. The molecule has 11 N–H and O–H groups in total. The molecule has 1 fully saturated rings. The second kappa shape index (κ2) is 19.7. The molecule has 58 heavy (non-hydrogen) atoms. The summed E-state index contributed by atoms with van der Waals surface area (Å²) in [6.07, 6.45) is -5.67. The first kappa shape index (κ1) is 44.8. The predicted octanol–water partition coefficient (Wildman–Crippen LogP) is -0.501. The summed E-state index contributed by atoms with van der Waals surface area (Å²) in [5.41, 5.74) is 9.32. The maximum atomic E-state index is 14.0. The van der Waals surface area contributed by atoms with Gasteiger partial charge in [0, 0.05) is 50.0 Å². The Kier molecular flexibility index (Phi) is 15.2. The van der Waals surface area contributed by atoms with Gasteiger partial charge in [-0.2, -0.15) is 0 Å². The van der Waals surface area contributed by atoms with Crippen LogP contribution in [0, 0.1) is 11.8 Å². The highest BCUT2D eigenvalue weighted by atomic mass is 16.4. The molecule has 0 bridgehead atoms. The summed E-state index contributed by atoms with van der Waals surface area (Å²) in [4.78, 5) is 42.3. The standard InChI is InChI=1S/C40H61N9O9/c1-6-22(4)23(5)34(54)29(51)19-47(20-30(52)35(55)36(56)31(53)21-50)25-12-15-46(16-13-25)40(58)24-9-10-27-28(17-24)49(8-3)32(48(27)7-2)18-43-39(57)33-37(41)45-38-26(44-33)11-14-42-38/h9-11,14,17,22-23,25,29-31,34-36,50-56H,6-8,12-13,15-16,18-21H2,1-5H3,(H3-,41,42,43,44,45,57)/p+1/t22-,23-,29+,30+,31-,34?,35-,36-/m1/s1. The van der Waals surface area contributed by atoms with E-state index in [1.165, 1.54) is 0 Å². The number of carbonyl (C=O) groups excluding carboxylic acids is 2. The molecule has 1 aromatic carbocycles. The van der Waals surface area contributed by atoms with Crippen LogP contribution < -0.4 is 15.6 Å². The number of aryl methyl sites for hydroxylation is 2. The van der Waals surface area contributed by atoms with Gasteiger partial charge in [-0.15, -0.1) is 0 Å². The number of aliphatic hydroxyl groups excluding tert-OH is 7. The van der Waals surface area contributed by atoms with Gasteiger partial charge in [0.25, 0.3) is 17.6 Å². The van der Waals surface area contributed by atoms with Crippen molar-refractivity contribution in [1.29, 1.82) is 0 Å². The van der Waals surface area contributed by atoms with Crippen molar-refractivity contribution in [2.75, 3.05) is 38.5 Å². The van der Waals surface area contributed by atoms with Crippen LogP contribution in [0.5, 0.6) is 0 Å². The molecule has 1 saturated heterocycles. The van der Waals surface area contributed by atoms with Crippen molar-refractivity contribution in [3.05, 3.63) is 47.5 Å². The molecule has 5 rings (SSSR count). The Bertz CT molecular complexity index is 1970. The number of hydrogen-bond donors (Lipinski definition) is 10. The second-order valence-corrected chi connectivity index (χ2v) is 15.5. The summed E-state index contributed by atoms with van der Waals surface area (Å²) < 4.78 is 4.14. The van der Waals surface area contributed by atoms with Crippen LogP contribution in [0.4, 0.5) is 5.82 Å². The van der Waals surface area contributed by atoms with E-state index in [2.05, 4.69) is 29.4 Å². The Morgan fingerprint density at radius 2 is 1.62 bits per heavy atom. The zero-order valence-corrected chi connectivity index (χ0v) is 34.1. The second-order valence-electron chi connectivity index (χ2n) is 15.5. The number of nitrogens with zero attached hydrogens (tertiary/aromatic N) is 6. The number of fused-ring (bicyclic) bond motifs is 2. The van der Waals surface area contributed by atoms with Gasteiger partial charge in [-0.1, -0.05) is 27.2 Å². The first-order chi connectivity index (χ1) is 27.6. The molecular formula is C40H62N9O9+. The van der Waals surface area contributed by atoms with Crippen LogP contribution in [-0.4, -0.2) is 152 Å². The van der Waals surface area contributed by atoms with Gasteiger partial charge in [-0.05, 0) is 56.7 Å². The van der Waals surface area contributed by atoms with Crippen LogP contribution in [0.15, 0.2) is 30.5 Å². The van der Waals surface area contributed by atoms with Gasteiger partial charge in [-0.25, -0.2) is 19.1 Å². The lowest BCUT2D eigenvalue weighted by Crippen LogP contribution is -2.55. The van der Waals surface area contributed by atoms with Crippen molar-refractivity contribution in [1.82, 2.24) is 34.6 Å². The number of aliphatic hydroxyl groups is 7. The average Bonchev–Trinajstić information content (AvgIpc) is 3.83. The Labute approximate surface area is 337 Å². The van der Waals surface area contributed by atoms with E-state index in [1.54, 1.807) is 28.1 Å². The number of likely N-dealkylation sites (tertiary alicyclic amines) is 1. The highest BCUT2D eigenvalue weighted by Gasteiger charge is 2.37. The molecule has 0 radical (unpaired) electrons. The third-order valence-electron chi connectivity index (χ3n) is 12.0. The van der Waals surface area contributed by atoms with E-state index in [-0.39, 0.29) is 54.9 Å². The van der Waals surface area contributed by atoms with Crippen molar-refractivity contribution in [2.24, 2.45) is 11.8 Å². The van der Waals surface area contributed by atoms with Crippen LogP contribution in [0.1, 0.15) is 80.6 Å². The number of H-pyrrole nitrogens is 1. The van der Waals surface area contributed by atoms with Gasteiger partial charge < -0.3 is 56.7 Å². The number of imidazole rings is 1. The number of nitrogens with one attached hydrogen (secondary N) is 2. The van der Waals surface area contributed by atoms with E-state index in [4.69, 9.17) is 5.73 Å². The van der Waals surface area contributed by atoms with E-state index in [9.17, 15) is 45.3 Å². The zero-order valence-electron chi connectivity index (χ0n) is 34.1. The molecule has 4 aromatic rings. The van der Waals surface area contributed by atoms with Gasteiger partial charge in [0.2, 0.25) is 0 Å². The number of rotatable bonds is 19. The Morgan fingerprint density at radius 1 is 0.966 bits per heavy atom. The maximum Gasteiger partial charge on any atom is 0.277 e. The summed E-state index contributed by atoms with van der Waals surface area (Å²) in [5.74, 6) is 0.130. The molecule has 0 saturated carbocycles. The molecule has 0 aliphatic carbocycles. The molecule has 1 aliphatic heterocycles. The minimum absolute atomic E-state index is 0.0149.